The van der Waals surface area contributed by atoms with Gasteiger partial charge in [0.25, 0.3) is 0 Å². The number of pyridine rings is 1. The minimum absolute atomic E-state index is 0.121. The van der Waals surface area contributed by atoms with E-state index in [9.17, 15) is 10.2 Å². The molecule has 6 nitrogen and oxygen atoms in total. The van der Waals surface area contributed by atoms with Crippen LogP contribution in [-0.4, -0.2) is 21.1 Å². The summed E-state index contributed by atoms with van der Waals surface area (Å²) in [6, 6.07) is 17.6. The standard InChI is InChI=1S/C20H17N3O3/c24-15-7-4-13(5-8-15)17-11-14-6-9-16(25)12-18(14)26-20(17)23-22-19-3-1-2-10-21-19/h1-10,12,17,24-25H,11H2,(H,21,22). The number of hydrogen-bond donors (Lipinski definition) is 3. The Kier molecular flexibility index (Phi) is 4.15. The molecule has 0 amide bonds. The molecule has 0 fully saturated rings. The van der Waals surface area contributed by atoms with Gasteiger partial charge in [0.1, 0.15) is 23.1 Å². The molecule has 1 atom stereocenters. The number of aromatic hydroxyl groups is 2. The van der Waals surface area contributed by atoms with Crippen molar-refractivity contribution in [1.82, 2.24) is 4.98 Å². The fraction of sp³-hybridized carbons (Fsp3) is 0.100. The van der Waals surface area contributed by atoms with Crippen molar-refractivity contribution in [1.29, 1.82) is 0 Å². The largest absolute Gasteiger partial charge is 0.508 e. The second-order valence-electron chi connectivity index (χ2n) is 6.02. The van der Waals surface area contributed by atoms with Gasteiger partial charge in [-0.3, -0.25) is 5.43 Å². The molecule has 1 aliphatic heterocycles. The first-order valence-electron chi connectivity index (χ1n) is 8.22. The number of nitrogens with zero attached hydrogens (tertiary/aromatic N) is 2. The van der Waals surface area contributed by atoms with Gasteiger partial charge in [0.05, 0.1) is 5.92 Å². The van der Waals surface area contributed by atoms with Crippen LogP contribution in [-0.2, 0) is 6.42 Å². The predicted molar refractivity (Wildman–Crippen MR) is 98.6 cm³/mol. The van der Waals surface area contributed by atoms with Crippen LogP contribution >= 0.6 is 0 Å². The minimum atomic E-state index is -0.121. The Hall–Kier alpha value is -3.54. The van der Waals surface area contributed by atoms with E-state index in [-0.39, 0.29) is 17.4 Å². The lowest BCUT2D eigenvalue weighted by molar-refractivity contribution is 0.453. The molecular weight excluding hydrogens is 330 g/mol. The summed E-state index contributed by atoms with van der Waals surface area (Å²) in [6.45, 7) is 0. The van der Waals surface area contributed by atoms with E-state index in [2.05, 4.69) is 15.5 Å². The maximum absolute atomic E-state index is 9.72. The number of phenols is 2. The molecule has 0 aliphatic carbocycles. The van der Waals surface area contributed by atoms with E-state index >= 15 is 0 Å². The lowest BCUT2D eigenvalue weighted by Crippen LogP contribution is -2.27. The average Bonchev–Trinajstić information content (AvgIpc) is 2.67. The molecule has 0 saturated heterocycles. The Morgan fingerprint density at radius 2 is 1.81 bits per heavy atom. The van der Waals surface area contributed by atoms with E-state index in [1.165, 1.54) is 0 Å². The highest BCUT2D eigenvalue weighted by atomic mass is 16.5. The smallest absolute Gasteiger partial charge is 0.220 e. The summed E-state index contributed by atoms with van der Waals surface area (Å²) < 4.78 is 5.97. The van der Waals surface area contributed by atoms with Crippen LogP contribution in [0.25, 0.3) is 0 Å². The van der Waals surface area contributed by atoms with E-state index in [1.807, 2.05) is 36.4 Å². The third-order valence-electron chi connectivity index (χ3n) is 4.23. The van der Waals surface area contributed by atoms with Crippen molar-refractivity contribution in [2.75, 3.05) is 5.43 Å². The van der Waals surface area contributed by atoms with Crippen molar-refractivity contribution in [3.05, 3.63) is 78.0 Å². The minimum Gasteiger partial charge on any atom is -0.508 e. The van der Waals surface area contributed by atoms with Gasteiger partial charge in [0.15, 0.2) is 0 Å². The Balaban J connectivity index is 1.70. The zero-order valence-electron chi connectivity index (χ0n) is 13.8. The van der Waals surface area contributed by atoms with Gasteiger partial charge < -0.3 is 14.9 Å². The Morgan fingerprint density at radius 3 is 2.58 bits per heavy atom. The van der Waals surface area contributed by atoms with E-state index in [0.717, 1.165) is 11.1 Å². The molecule has 3 N–H and O–H groups in total. The molecule has 6 heteroatoms. The number of aromatic nitrogens is 1. The molecule has 0 spiro atoms. The molecule has 0 saturated carbocycles. The van der Waals surface area contributed by atoms with Crippen LogP contribution in [0, 0.1) is 0 Å². The number of benzene rings is 2. The number of hydrogen-bond acceptors (Lipinski definition) is 6. The van der Waals surface area contributed by atoms with Crippen LogP contribution in [0.5, 0.6) is 17.2 Å². The summed E-state index contributed by atoms with van der Waals surface area (Å²) in [4.78, 5) is 4.18. The monoisotopic (exact) mass is 347 g/mol. The maximum Gasteiger partial charge on any atom is 0.220 e. The van der Waals surface area contributed by atoms with Crippen molar-refractivity contribution in [2.24, 2.45) is 5.10 Å². The third-order valence-corrected chi connectivity index (χ3v) is 4.23. The second kappa shape index (κ2) is 6.76. The summed E-state index contributed by atoms with van der Waals surface area (Å²) in [5.74, 6) is 1.89. The highest BCUT2D eigenvalue weighted by molar-refractivity contribution is 5.88. The quantitative estimate of drug-likeness (QED) is 0.630. The van der Waals surface area contributed by atoms with Crippen molar-refractivity contribution in [3.63, 3.8) is 0 Å². The lowest BCUT2D eigenvalue weighted by atomic mass is 9.89. The van der Waals surface area contributed by atoms with E-state index < -0.39 is 0 Å². The first-order valence-corrected chi connectivity index (χ1v) is 8.22. The van der Waals surface area contributed by atoms with Crippen LogP contribution < -0.4 is 10.2 Å². The molecule has 130 valence electrons. The highest BCUT2D eigenvalue weighted by Crippen LogP contribution is 2.36. The summed E-state index contributed by atoms with van der Waals surface area (Å²) in [5.41, 5.74) is 4.87. The van der Waals surface area contributed by atoms with Gasteiger partial charge in [-0.2, -0.15) is 0 Å². The summed E-state index contributed by atoms with van der Waals surface area (Å²) in [5, 5.41) is 23.7. The molecule has 26 heavy (non-hydrogen) atoms. The molecule has 2 heterocycles. The SMILES string of the molecule is Oc1ccc(C2Cc3ccc(O)cc3OC2=NNc2ccccn2)cc1. The highest BCUT2D eigenvalue weighted by Gasteiger charge is 2.28. The molecule has 3 aromatic rings. The Morgan fingerprint density at radius 1 is 1.00 bits per heavy atom. The van der Waals surface area contributed by atoms with Gasteiger partial charge in [0, 0.05) is 12.3 Å². The second-order valence-corrected chi connectivity index (χ2v) is 6.02. The Labute approximate surface area is 150 Å². The number of fused-ring (bicyclic) bond motifs is 1. The fourth-order valence-corrected chi connectivity index (χ4v) is 2.91. The number of anilines is 1. The zero-order valence-corrected chi connectivity index (χ0v) is 13.8. The van der Waals surface area contributed by atoms with Crippen molar-refractivity contribution >= 4 is 11.7 Å². The van der Waals surface area contributed by atoms with Gasteiger partial charge in [-0.05, 0) is 47.9 Å². The van der Waals surface area contributed by atoms with Crippen LogP contribution in [0.15, 0.2) is 72.0 Å². The summed E-state index contributed by atoms with van der Waals surface area (Å²) in [6.07, 6.45) is 2.35. The fourth-order valence-electron chi connectivity index (χ4n) is 2.91. The van der Waals surface area contributed by atoms with Gasteiger partial charge in [0.2, 0.25) is 5.90 Å². The van der Waals surface area contributed by atoms with Crippen LogP contribution in [0.4, 0.5) is 5.82 Å². The third kappa shape index (κ3) is 3.30. The molecule has 1 aromatic heterocycles. The molecule has 4 rings (SSSR count). The molecule has 1 unspecified atom stereocenters. The molecule has 1 aliphatic rings. The normalized spacial score (nSPS) is 17.4. The van der Waals surface area contributed by atoms with Gasteiger partial charge in [-0.15, -0.1) is 5.10 Å². The first kappa shape index (κ1) is 16.0. The number of rotatable bonds is 3. The number of ether oxygens (including phenoxy) is 1. The zero-order chi connectivity index (χ0) is 17.9. The number of hydrazone groups is 1. The van der Waals surface area contributed by atoms with Crippen molar-refractivity contribution < 1.29 is 14.9 Å². The van der Waals surface area contributed by atoms with Crippen molar-refractivity contribution in [3.8, 4) is 17.2 Å². The van der Waals surface area contributed by atoms with Gasteiger partial charge in [-0.25, -0.2) is 4.98 Å². The first-order chi connectivity index (χ1) is 12.7. The number of nitrogens with one attached hydrogen (secondary N) is 1. The molecular formula is C20H17N3O3. The van der Waals surface area contributed by atoms with Crippen LogP contribution in [0.3, 0.4) is 0 Å². The van der Waals surface area contributed by atoms with Gasteiger partial charge >= 0.3 is 0 Å². The van der Waals surface area contributed by atoms with Crippen LogP contribution in [0.1, 0.15) is 17.0 Å². The molecule has 0 bridgehead atoms. The molecule has 2 aromatic carbocycles. The Bertz CT molecular complexity index is 940. The predicted octanol–water partition coefficient (Wildman–Crippen LogP) is 3.64. The summed E-state index contributed by atoms with van der Waals surface area (Å²) in [7, 11) is 0. The summed E-state index contributed by atoms with van der Waals surface area (Å²) >= 11 is 0. The lowest BCUT2D eigenvalue weighted by Gasteiger charge is -2.27. The topological polar surface area (TPSA) is 87.0 Å². The average molecular weight is 347 g/mol. The van der Waals surface area contributed by atoms with Crippen molar-refractivity contribution in [2.45, 2.75) is 12.3 Å². The van der Waals surface area contributed by atoms with Gasteiger partial charge in [-0.1, -0.05) is 24.3 Å². The van der Waals surface area contributed by atoms with E-state index in [4.69, 9.17) is 4.74 Å². The number of phenolic OH excluding ortho intramolecular Hbond substituents is 2. The molecule has 0 radical (unpaired) electrons. The maximum atomic E-state index is 9.72. The van der Waals surface area contributed by atoms with E-state index in [1.54, 1.807) is 30.5 Å². The van der Waals surface area contributed by atoms with E-state index in [0.29, 0.717) is 23.9 Å². The van der Waals surface area contributed by atoms with Crippen LogP contribution in [0.2, 0.25) is 0 Å².